The number of carbonyl (C=O) groups excluding carboxylic acids is 1. The highest BCUT2D eigenvalue weighted by molar-refractivity contribution is 5.94. The van der Waals surface area contributed by atoms with Crippen LogP contribution in [0.5, 0.6) is 0 Å². The van der Waals surface area contributed by atoms with Gasteiger partial charge in [0.15, 0.2) is 0 Å². The van der Waals surface area contributed by atoms with Gasteiger partial charge in [0.25, 0.3) is 5.91 Å². The van der Waals surface area contributed by atoms with E-state index in [1.165, 1.54) is 12.1 Å². The molecule has 1 heterocycles. The third-order valence-corrected chi connectivity index (χ3v) is 3.00. The smallest absolute Gasteiger partial charge is 0.254 e. The molecule has 0 aromatic heterocycles. The summed E-state index contributed by atoms with van der Waals surface area (Å²) in [7, 11) is 0. The summed E-state index contributed by atoms with van der Waals surface area (Å²) in [6.45, 7) is 1.15. The summed E-state index contributed by atoms with van der Waals surface area (Å²) in [5.74, 6) is -1.03. The maximum absolute atomic E-state index is 13.5. The molecular formula is C13H17FN2O2. The first-order valence-corrected chi connectivity index (χ1v) is 6.11. The summed E-state index contributed by atoms with van der Waals surface area (Å²) in [6, 6.07) is 4.04. The fourth-order valence-electron chi connectivity index (χ4n) is 1.99. The Kier molecular flexibility index (Phi) is 4.15. The zero-order valence-corrected chi connectivity index (χ0v) is 10.1. The predicted molar refractivity (Wildman–Crippen MR) is 66.7 cm³/mol. The SMILES string of the molecule is Nc1ccc(C(=O)NCC2CCCCO2)c(F)c1. The normalized spacial score (nSPS) is 19.5. The number of ether oxygens (including phenoxy) is 1. The van der Waals surface area contributed by atoms with Crippen molar-refractivity contribution in [3.8, 4) is 0 Å². The van der Waals surface area contributed by atoms with E-state index in [4.69, 9.17) is 10.5 Å². The van der Waals surface area contributed by atoms with Crippen LogP contribution in [0.1, 0.15) is 29.6 Å². The number of carbonyl (C=O) groups is 1. The largest absolute Gasteiger partial charge is 0.399 e. The van der Waals surface area contributed by atoms with Gasteiger partial charge in [-0.1, -0.05) is 0 Å². The summed E-state index contributed by atoms with van der Waals surface area (Å²) in [5.41, 5.74) is 5.75. The standard InChI is InChI=1S/C13H17FN2O2/c14-12-7-9(15)4-5-11(12)13(17)16-8-10-3-1-2-6-18-10/h4-5,7,10H,1-3,6,8,15H2,(H,16,17). The Labute approximate surface area is 105 Å². The molecule has 1 fully saturated rings. The molecule has 1 aliphatic rings. The molecule has 0 spiro atoms. The summed E-state index contributed by atoms with van der Waals surface area (Å²) in [5, 5.41) is 2.68. The number of nitrogen functional groups attached to an aromatic ring is 1. The number of halogens is 1. The molecule has 0 bridgehead atoms. The number of nitrogens with two attached hydrogens (primary N) is 1. The van der Waals surface area contributed by atoms with Crippen molar-refractivity contribution in [2.75, 3.05) is 18.9 Å². The molecule has 4 nitrogen and oxygen atoms in total. The fraction of sp³-hybridized carbons (Fsp3) is 0.462. The third-order valence-electron chi connectivity index (χ3n) is 3.00. The van der Waals surface area contributed by atoms with Gasteiger partial charge in [-0.15, -0.1) is 0 Å². The Morgan fingerprint density at radius 2 is 2.33 bits per heavy atom. The molecule has 3 N–H and O–H groups in total. The Morgan fingerprint density at radius 1 is 1.50 bits per heavy atom. The molecule has 1 atom stereocenters. The predicted octanol–water partition coefficient (Wildman–Crippen LogP) is 1.71. The summed E-state index contributed by atoms with van der Waals surface area (Å²) >= 11 is 0. The molecule has 1 aromatic rings. The van der Waals surface area contributed by atoms with Gasteiger partial charge >= 0.3 is 0 Å². The molecule has 1 aliphatic heterocycles. The Bertz CT molecular complexity index is 431. The monoisotopic (exact) mass is 252 g/mol. The number of rotatable bonds is 3. The molecule has 2 rings (SSSR count). The zero-order chi connectivity index (χ0) is 13.0. The first kappa shape index (κ1) is 12.8. The van der Waals surface area contributed by atoms with Crippen molar-refractivity contribution < 1.29 is 13.9 Å². The van der Waals surface area contributed by atoms with Gasteiger partial charge in [0.1, 0.15) is 5.82 Å². The van der Waals surface area contributed by atoms with Crippen LogP contribution >= 0.6 is 0 Å². The number of hydrogen-bond donors (Lipinski definition) is 2. The van der Waals surface area contributed by atoms with E-state index in [1.807, 2.05) is 0 Å². The summed E-state index contributed by atoms with van der Waals surface area (Å²) in [4.78, 5) is 11.8. The van der Waals surface area contributed by atoms with Gasteiger partial charge in [-0.3, -0.25) is 4.79 Å². The number of nitrogens with one attached hydrogen (secondary N) is 1. The quantitative estimate of drug-likeness (QED) is 0.805. The summed E-state index contributed by atoms with van der Waals surface area (Å²) in [6.07, 6.45) is 3.15. The van der Waals surface area contributed by atoms with Crippen LogP contribution in [-0.2, 0) is 4.74 Å². The minimum absolute atomic E-state index is 0.0139. The van der Waals surface area contributed by atoms with E-state index in [0.717, 1.165) is 31.9 Å². The van der Waals surface area contributed by atoms with E-state index >= 15 is 0 Å². The number of hydrogen-bond acceptors (Lipinski definition) is 3. The molecule has 0 saturated carbocycles. The van der Waals surface area contributed by atoms with Crippen LogP contribution in [0, 0.1) is 5.82 Å². The second kappa shape index (κ2) is 5.82. The molecule has 0 aliphatic carbocycles. The van der Waals surface area contributed by atoms with Crippen LogP contribution in [0.2, 0.25) is 0 Å². The molecule has 1 unspecified atom stereocenters. The lowest BCUT2D eigenvalue weighted by Crippen LogP contribution is -2.35. The lowest BCUT2D eigenvalue weighted by atomic mass is 10.1. The van der Waals surface area contributed by atoms with Crippen molar-refractivity contribution in [1.82, 2.24) is 5.32 Å². The fourth-order valence-corrected chi connectivity index (χ4v) is 1.99. The Morgan fingerprint density at radius 3 is 3.00 bits per heavy atom. The highest BCUT2D eigenvalue weighted by atomic mass is 19.1. The van der Waals surface area contributed by atoms with Gasteiger partial charge in [-0.05, 0) is 37.5 Å². The van der Waals surface area contributed by atoms with E-state index < -0.39 is 11.7 Å². The second-order valence-corrected chi connectivity index (χ2v) is 4.44. The molecule has 1 amide bonds. The van der Waals surface area contributed by atoms with Gasteiger partial charge in [0, 0.05) is 18.8 Å². The van der Waals surface area contributed by atoms with E-state index in [1.54, 1.807) is 0 Å². The maximum atomic E-state index is 13.5. The van der Waals surface area contributed by atoms with Crippen LogP contribution < -0.4 is 11.1 Å². The highest BCUT2D eigenvalue weighted by Crippen LogP contribution is 2.13. The van der Waals surface area contributed by atoms with Gasteiger partial charge in [-0.2, -0.15) is 0 Å². The summed E-state index contributed by atoms with van der Waals surface area (Å²) < 4.78 is 19.0. The van der Waals surface area contributed by atoms with E-state index in [2.05, 4.69) is 5.32 Å². The molecule has 1 aromatic carbocycles. The van der Waals surface area contributed by atoms with Crippen LogP contribution in [0.25, 0.3) is 0 Å². The topological polar surface area (TPSA) is 64.4 Å². The number of anilines is 1. The van der Waals surface area contributed by atoms with Crippen LogP contribution in [0.4, 0.5) is 10.1 Å². The van der Waals surface area contributed by atoms with Gasteiger partial charge in [0.2, 0.25) is 0 Å². The van der Waals surface area contributed by atoms with Crippen molar-refractivity contribution in [2.45, 2.75) is 25.4 Å². The highest BCUT2D eigenvalue weighted by Gasteiger charge is 2.16. The van der Waals surface area contributed by atoms with Crippen molar-refractivity contribution in [3.63, 3.8) is 0 Å². The molecule has 5 heteroatoms. The molecular weight excluding hydrogens is 235 g/mol. The van der Waals surface area contributed by atoms with Crippen LogP contribution in [0.3, 0.4) is 0 Å². The van der Waals surface area contributed by atoms with Gasteiger partial charge in [-0.25, -0.2) is 4.39 Å². The van der Waals surface area contributed by atoms with E-state index in [9.17, 15) is 9.18 Å². The van der Waals surface area contributed by atoms with Gasteiger partial charge < -0.3 is 15.8 Å². The maximum Gasteiger partial charge on any atom is 0.254 e. The number of benzene rings is 1. The molecule has 18 heavy (non-hydrogen) atoms. The van der Waals surface area contributed by atoms with Crippen LogP contribution in [-0.4, -0.2) is 25.2 Å². The van der Waals surface area contributed by atoms with E-state index in [-0.39, 0.29) is 11.7 Å². The average Bonchev–Trinajstić information content (AvgIpc) is 2.37. The Balaban J connectivity index is 1.90. The van der Waals surface area contributed by atoms with Crippen molar-refractivity contribution >= 4 is 11.6 Å². The lowest BCUT2D eigenvalue weighted by Gasteiger charge is -2.22. The Hall–Kier alpha value is -1.62. The van der Waals surface area contributed by atoms with Crippen molar-refractivity contribution in [2.24, 2.45) is 0 Å². The first-order valence-electron chi connectivity index (χ1n) is 6.11. The van der Waals surface area contributed by atoms with Crippen molar-refractivity contribution in [1.29, 1.82) is 0 Å². The minimum atomic E-state index is -0.600. The third kappa shape index (κ3) is 3.20. The van der Waals surface area contributed by atoms with Crippen molar-refractivity contribution in [3.05, 3.63) is 29.6 Å². The molecule has 98 valence electrons. The van der Waals surface area contributed by atoms with Crippen LogP contribution in [0.15, 0.2) is 18.2 Å². The number of amides is 1. The lowest BCUT2D eigenvalue weighted by molar-refractivity contribution is 0.0168. The van der Waals surface area contributed by atoms with Gasteiger partial charge in [0.05, 0.1) is 11.7 Å². The molecule has 1 saturated heterocycles. The first-order chi connectivity index (χ1) is 8.66. The second-order valence-electron chi connectivity index (χ2n) is 4.44. The zero-order valence-electron chi connectivity index (χ0n) is 10.1. The molecule has 0 radical (unpaired) electrons. The minimum Gasteiger partial charge on any atom is -0.399 e. The average molecular weight is 252 g/mol. The van der Waals surface area contributed by atoms with E-state index in [0.29, 0.717) is 12.2 Å².